The molecule has 2 N–H and O–H groups in total. The van der Waals surface area contributed by atoms with Gasteiger partial charge in [-0.05, 0) is 19.3 Å². The van der Waals surface area contributed by atoms with Crippen LogP contribution in [0.1, 0.15) is 90.4 Å². The SMILES string of the molecule is CCCCCC[C@@H](O)CCCCCCCCC(=O)O. The molecule has 0 aliphatic heterocycles. The number of carboxylic acid groups (broad SMARTS) is 1. The van der Waals surface area contributed by atoms with Crippen molar-refractivity contribution in [3.05, 3.63) is 0 Å². The average Bonchev–Trinajstić information content (AvgIpc) is 2.37. The Morgan fingerprint density at radius 2 is 1.32 bits per heavy atom. The van der Waals surface area contributed by atoms with Gasteiger partial charge in [0.05, 0.1) is 6.10 Å². The van der Waals surface area contributed by atoms with E-state index >= 15 is 0 Å². The molecule has 0 unspecified atom stereocenters. The number of unbranched alkanes of at least 4 members (excludes halogenated alkanes) is 8. The van der Waals surface area contributed by atoms with Crippen LogP contribution in [0.4, 0.5) is 0 Å². The van der Waals surface area contributed by atoms with Gasteiger partial charge in [-0.15, -0.1) is 0 Å². The second kappa shape index (κ2) is 13.9. The van der Waals surface area contributed by atoms with E-state index in [9.17, 15) is 9.90 Å². The lowest BCUT2D eigenvalue weighted by atomic mass is 10.0. The topological polar surface area (TPSA) is 57.5 Å². The van der Waals surface area contributed by atoms with E-state index in [0.717, 1.165) is 44.9 Å². The number of hydrogen-bond donors (Lipinski definition) is 2. The molecule has 1 atom stereocenters. The van der Waals surface area contributed by atoms with Gasteiger partial charge in [0.15, 0.2) is 0 Å². The summed E-state index contributed by atoms with van der Waals surface area (Å²) in [5.74, 6) is -0.689. The molecule has 19 heavy (non-hydrogen) atoms. The van der Waals surface area contributed by atoms with Gasteiger partial charge in [0.25, 0.3) is 0 Å². The van der Waals surface area contributed by atoms with Crippen LogP contribution in [0.5, 0.6) is 0 Å². The van der Waals surface area contributed by atoms with Crippen molar-refractivity contribution in [1.82, 2.24) is 0 Å². The van der Waals surface area contributed by atoms with E-state index in [1.54, 1.807) is 0 Å². The monoisotopic (exact) mass is 272 g/mol. The van der Waals surface area contributed by atoms with Gasteiger partial charge in [0, 0.05) is 6.42 Å². The molecule has 0 fully saturated rings. The normalized spacial score (nSPS) is 12.5. The molecular formula is C16H32O3. The van der Waals surface area contributed by atoms with Crippen molar-refractivity contribution in [2.45, 2.75) is 96.5 Å². The van der Waals surface area contributed by atoms with E-state index in [1.807, 2.05) is 0 Å². The molecule has 0 bridgehead atoms. The van der Waals surface area contributed by atoms with Crippen molar-refractivity contribution in [2.75, 3.05) is 0 Å². The first-order valence-electron chi connectivity index (χ1n) is 8.06. The number of aliphatic hydroxyl groups is 1. The van der Waals surface area contributed by atoms with E-state index < -0.39 is 5.97 Å². The molecule has 3 nitrogen and oxygen atoms in total. The molecule has 0 saturated heterocycles. The molecule has 0 aromatic rings. The van der Waals surface area contributed by atoms with Gasteiger partial charge in [0.2, 0.25) is 0 Å². The lowest BCUT2D eigenvalue weighted by Crippen LogP contribution is -2.05. The molecule has 0 aliphatic rings. The lowest BCUT2D eigenvalue weighted by molar-refractivity contribution is -0.137. The van der Waals surface area contributed by atoms with Gasteiger partial charge in [-0.3, -0.25) is 4.79 Å². The van der Waals surface area contributed by atoms with Crippen LogP contribution in [0.25, 0.3) is 0 Å². The van der Waals surface area contributed by atoms with Crippen LogP contribution in [-0.4, -0.2) is 22.3 Å². The van der Waals surface area contributed by atoms with Crippen molar-refractivity contribution in [2.24, 2.45) is 0 Å². The fraction of sp³-hybridized carbons (Fsp3) is 0.938. The fourth-order valence-corrected chi connectivity index (χ4v) is 2.31. The smallest absolute Gasteiger partial charge is 0.303 e. The van der Waals surface area contributed by atoms with Gasteiger partial charge in [-0.2, -0.15) is 0 Å². The predicted octanol–water partition coefficient (Wildman–Crippen LogP) is 4.52. The predicted molar refractivity (Wildman–Crippen MR) is 79.3 cm³/mol. The van der Waals surface area contributed by atoms with Crippen molar-refractivity contribution in [1.29, 1.82) is 0 Å². The van der Waals surface area contributed by atoms with E-state index in [-0.39, 0.29) is 6.10 Å². The summed E-state index contributed by atoms with van der Waals surface area (Å²) in [4.78, 5) is 10.3. The highest BCUT2D eigenvalue weighted by Crippen LogP contribution is 2.13. The van der Waals surface area contributed by atoms with Crippen LogP contribution in [-0.2, 0) is 4.79 Å². The third-order valence-electron chi connectivity index (χ3n) is 3.57. The third-order valence-corrected chi connectivity index (χ3v) is 3.57. The number of rotatable bonds is 14. The van der Waals surface area contributed by atoms with E-state index in [4.69, 9.17) is 5.11 Å². The summed E-state index contributed by atoms with van der Waals surface area (Å²) < 4.78 is 0. The molecular weight excluding hydrogens is 240 g/mol. The second-order valence-electron chi connectivity index (χ2n) is 5.56. The van der Waals surface area contributed by atoms with Crippen LogP contribution >= 0.6 is 0 Å². The first-order chi connectivity index (χ1) is 9.16. The van der Waals surface area contributed by atoms with E-state index in [1.165, 1.54) is 32.1 Å². The molecule has 0 spiro atoms. The Bertz CT molecular complexity index is 204. The summed E-state index contributed by atoms with van der Waals surface area (Å²) >= 11 is 0. The molecule has 0 heterocycles. The third kappa shape index (κ3) is 15.4. The number of carbonyl (C=O) groups is 1. The van der Waals surface area contributed by atoms with Crippen LogP contribution in [0.3, 0.4) is 0 Å². The molecule has 0 radical (unpaired) electrons. The van der Waals surface area contributed by atoms with Crippen molar-refractivity contribution in [3.8, 4) is 0 Å². The maximum absolute atomic E-state index is 10.3. The summed E-state index contributed by atoms with van der Waals surface area (Å²) in [5, 5.41) is 18.3. The summed E-state index contributed by atoms with van der Waals surface area (Å²) in [5.41, 5.74) is 0. The molecule has 0 saturated carbocycles. The lowest BCUT2D eigenvalue weighted by Gasteiger charge is -2.09. The highest BCUT2D eigenvalue weighted by molar-refractivity contribution is 5.66. The number of aliphatic carboxylic acids is 1. The molecule has 0 aromatic carbocycles. The molecule has 0 rings (SSSR count). The van der Waals surface area contributed by atoms with Gasteiger partial charge in [0.1, 0.15) is 0 Å². The molecule has 114 valence electrons. The van der Waals surface area contributed by atoms with Crippen LogP contribution < -0.4 is 0 Å². The van der Waals surface area contributed by atoms with Crippen molar-refractivity contribution < 1.29 is 15.0 Å². The zero-order chi connectivity index (χ0) is 14.3. The van der Waals surface area contributed by atoms with Gasteiger partial charge in [-0.1, -0.05) is 64.7 Å². The summed E-state index contributed by atoms with van der Waals surface area (Å²) in [7, 11) is 0. The largest absolute Gasteiger partial charge is 0.481 e. The number of hydrogen-bond acceptors (Lipinski definition) is 2. The van der Waals surface area contributed by atoms with Crippen molar-refractivity contribution >= 4 is 5.97 Å². The van der Waals surface area contributed by atoms with Crippen LogP contribution in [0, 0.1) is 0 Å². The molecule has 0 aliphatic carbocycles. The minimum absolute atomic E-state index is 0.108. The molecule has 0 amide bonds. The quantitative estimate of drug-likeness (QED) is 0.457. The van der Waals surface area contributed by atoms with E-state index in [2.05, 4.69) is 6.92 Å². The van der Waals surface area contributed by atoms with Gasteiger partial charge >= 0.3 is 5.97 Å². The Balaban J connectivity index is 3.14. The second-order valence-corrected chi connectivity index (χ2v) is 5.56. The summed E-state index contributed by atoms with van der Waals surface area (Å²) in [6, 6.07) is 0. The zero-order valence-electron chi connectivity index (χ0n) is 12.6. The number of carboxylic acids is 1. The Morgan fingerprint density at radius 1 is 0.842 bits per heavy atom. The Hall–Kier alpha value is -0.570. The minimum Gasteiger partial charge on any atom is -0.481 e. The van der Waals surface area contributed by atoms with Gasteiger partial charge < -0.3 is 10.2 Å². The highest BCUT2D eigenvalue weighted by Gasteiger charge is 2.03. The van der Waals surface area contributed by atoms with Crippen LogP contribution in [0.2, 0.25) is 0 Å². The Kier molecular flexibility index (Phi) is 13.4. The minimum atomic E-state index is -0.689. The Labute approximate surface area is 118 Å². The first-order valence-corrected chi connectivity index (χ1v) is 8.06. The fourth-order valence-electron chi connectivity index (χ4n) is 2.31. The molecule has 0 aromatic heterocycles. The number of aliphatic hydroxyl groups excluding tert-OH is 1. The Morgan fingerprint density at radius 3 is 1.84 bits per heavy atom. The standard InChI is InChI=1S/C16H32O3/c1-2-3-4-9-12-15(17)13-10-7-5-6-8-11-14-16(18)19/h15,17H,2-14H2,1H3,(H,18,19)/t15-/m1/s1. The van der Waals surface area contributed by atoms with Gasteiger partial charge in [-0.25, -0.2) is 0 Å². The maximum atomic E-state index is 10.3. The van der Waals surface area contributed by atoms with Crippen molar-refractivity contribution in [3.63, 3.8) is 0 Å². The zero-order valence-corrected chi connectivity index (χ0v) is 12.6. The molecule has 3 heteroatoms. The maximum Gasteiger partial charge on any atom is 0.303 e. The van der Waals surface area contributed by atoms with Crippen LogP contribution in [0.15, 0.2) is 0 Å². The first kappa shape index (κ1) is 18.4. The summed E-state index contributed by atoms with van der Waals surface area (Å²) in [6.45, 7) is 2.20. The average molecular weight is 272 g/mol. The van der Waals surface area contributed by atoms with E-state index in [0.29, 0.717) is 6.42 Å². The summed E-state index contributed by atoms with van der Waals surface area (Å²) in [6.07, 6.45) is 13.4. The highest BCUT2D eigenvalue weighted by atomic mass is 16.4.